The fourth-order valence-corrected chi connectivity index (χ4v) is 3.34. The Morgan fingerprint density at radius 3 is 2.52 bits per heavy atom. The molecular weight excluding hydrogens is 384 g/mol. The van der Waals surface area contributed by atoms with Gasteiger partial charge in [-0.1, -0.05) is 0 Å². The summed E-state index contributed by atoms with van der Waals surface area (Å²) in [5, 5.41) is 6.78. The summed E-state index contributed by atoms with van der Waals surface area (Å²) in [6.07, 6.45) is 5.32. The molecule has 148 valence electrons. The van der Waals surface area contributed by atoms with Crippen LogP contribution in [0.3, 0.4) is 0 Å². The maximum absolute atomic E-state index is 5.45. The van der Waals surface area contributed by atoms with Crippen molar-refractivity contribution in [1.29, 1.82) is 0 Å². The van der Waals surface area contributed by atoms with E-state index in [2.05, 4.69) is 25.5 Å². The fourth-order valence-electron chi connectivity index (χ4n) is 3.10. The van der Waals surface area contributed by atoms with E-state index in [4.69, 9.17) is 21.9 Å². The molecule has 0 bridgehead atoms. The van der Waals surface area contributed by atoms with E-state index >= 15 is 0 Å². The number of thiocarbonyl (C=S) groups is 1. The molecule has 0 saturated carbocycles. The van der Waals surface area contributed by atoms with Gasteiger partial charge in [-0.25, -0.2) is 9.97 Å². The van der Waals surface area contributed by atoms with Crippen molar-refractivity contribution >= 4 is 34.5 Å². The van der Waals surface area contributed by atoms with E-state index < -0.39 is 0 Å². The number of aryl methyl sites for hydroxylation is 1. The Morgan fingerprint density at radius 2 is 1.79 bits per heavy atom. The minimum Gasteiger partial charge on any atom is -0.378 e. The minimum atomic E-state index is 0.506. The summed E-state index contributed by atoms with van der Waals surface area (Å²) in [4.78, 5) is 15.6. The van der Waals surface area contributed by atoms with Gasteiger partial charge in [-0.3, -0.25) is 4.98 Å². The summed E-state index contributed by atoms with van der Waals surface area (Å²) in [6.45, 7) is 5.19. The van der Waals surface area contributed by atoms with Crippen LogP contribution in [0.25, 0.3) is 11.4 Å². The molecule has 1 saturated heterocycles. The molecule has 1 aliphatic heterocycles. The van der Waals surface area contributed by atoms with Crippen molar-refractivity contribution in [3.63, 3.8) is 0 Å². The highest BCUT2D eigenvalue weighted by atomic mass is 32.1. The van der Waals surface area contributed by atoms with E-state index in [1.807, 2.05) is 49.5 Å². The molecule has 1 aliphatic rings. The Balaban J connectivity index is 1.45. The van der Waals surface area contributed by atoms with Gasteiger partial charge in [-0.15, -0.1) is 0 Å². The number of pyridine rings is 1. The van der Waals surface area contributed by atoms with Crippen LogP contribution in [-0.2, 0) is 4.74 Å². The minimum absolute atomic E-state index is 0.506. The van der Waals surface area contributed by atoms with Gasteiger partial charge in [-0.05, 0) is 55.5 Å². The average molecular weight is 407 g/mol. The highest BCUT2D eigenvalue weighted by Crippen LogP contribution is 2.23. The number of morpholine rings is 1. The zero-order valence-electron chi connectivity index (χ0n) is 16.1. The molecular formula is C21H22N6OS. The molecule has 4 rings (SSSR count). The van der Waals surface area contributed by atoms with Crippen LogP contribution in [0.4, 0.5) is 17.2 Å². The van der Waals surface area contributed by atoms with E-state index in [0.717, 1.165) is 54.6 Å². The lowest BCUT2D eigenvalue weighted by molar-refractivity contribution is 0.122. The predicted octanol–water partition coefficient (Wildman–Crippen LogP) is 3.49. The van der Waals surface area contributed by atoms with Crippen LogP contribution in [0.1, 0.15) is 5.56 Å². The molecule has 0 radical (unpaired) electrons. The Morgan fingerprint density at radius 1 is 1.03 bits per heavy atom. The van der Waals surface area contributed by atoms with Gasteiger partial charge in [0.2, 0.25) is 0 Å². The van der Waals surface area contributed by atoms with E-state index in [1.54, 1.807) is 12.4 Å². The number of nitrogens with one attached hydrogen (secondary N) is 2. The van der Waals surface area contributed by atoms with Gasteiger partial charge in [0.05, 0.1) is 25.1 Å². The van der Waals surface area contributed by atoms with Crippen molar-refractivity contribution in [1.82, 2.24) is 15.0 Å². The van der Waals surface area contributed by atoms with Crippen molar-refractivity contribution in [2.75, 3.05) is 41.8 Å². The fraction of sp³-hybridized carbons (Fsp3) is 0.238. The third-order valence-electron chi connectivity index (χ3n) is 4.58. The Kier molecular flexibility index (Phi) is 5.92. The highest BCUT2D eigenvalue weighted by Gasteiger charge is 2.16. The number of hydrogen-bond donors (Lipinski definition) is 2. The zero-order valence-corrected chi connectivity index (χ0v) is 16.9. The summed E-state index contributed by atoms with van der Waals surface area (Å²) >= 11 is 5.36. The molecule has 29 heavy (non-hydrogen) atoms. The number of benzene rings is 1. The number of hydrogen-bond acceptors (Lipinski definition) is 6. The topological polar surface area (TPSA) is 75.2 Å². The first-order chi connectivity index (χ1) is 14.2. The number of nitrogens with zero attached hydrogens (tertiary/aromatic N) is 4. The maximum atomic E-state index is 5.45. The van der Waals surface area contributed by atoms with Crippen molar-refractivity contribution in [3.05, 3.63) is 60.6 Å². The second-order valence-electron chi connectivity index (χ2n) is 6.70. The summed E-state index contributed by atoms with van der Waals surface area (Å²) < 4.78 is 5.45. The monoisotopic (exact) mass is 406 g/mol. The second-order valence-corrected chi connectivity index (χ2v) is 7.11. The number of anilines is 3. The molecule has 2 aromatic heterocycles. The first kappa shape index (κ1) is 19.2. The van der Waals surface area contributed by atoms with Gasteiger partial charge >= 0.3 is 0 Å². The van der Waals surface area contributed by atoms with Gasteiger partial charge in [0.25, 0.3) is 0 Å². The van der Waals surface area contributed by atoms with Crippen molar-refractivity contribution in [2.24, 2.45) is 0 Å². The number of rotatable bonds is 4. The van der Waals surface area contributed by atoms with E-state index in [9.17, 15) is 0 Å². The summed E-state index contributed by atoms with van der Waals surface area (Å²) in [6, 6.07) is 11.7. The quantitative estimate of drug-likeness (QED) is 0.638. The zero-order chi connectivity index (χ0) is 20.1. The Labute approximate surface area is 175 Å². The van der Waals surface area contributed by atoms with E-state index in [1.165, 1.54) is 0 Å². The van der Waals surface area contributed by atoms with E-state index in [0.29, 0.717) is 10.9 Å². The largest absolute Gasteiger partial charge is 0.378 e. The standard InChI is InChI=1S/C21H22N6OS/c1-15-13-23-19(26-20(15)27-9-11-28-12-10-27)16-4-6-17(7-5-16)24-21(29)25-18-3-2-8-22-14-18/h2-8,13-14H,9-12H2,1H3,(H2,24,25,29). The Hall–Kier alpha value is -3.10. The van der Waals surface area contributed by atoms with Gasteiger partial charge in [0.1, 0.15) is 5.82 Å². The summed E-state index contributed by atoms with van der Waals surface area (Å²) in [7, 11) is 0. The van der Waals surface area contributed by atoms with Crippen molar-refractivity contribution in [3.8, 4) is 11.4 Å². The molecule has 0 atom stereocenters. The lowest BCUT2D eigenvalue weighted by Gasteiger charge is -2.29. The van der Waals surface area contributed by atoms with E-state index in [-0.39, 0.29) is 0 Å². The molecule has 3 heterocycles. The van der Waals surface area contributed by atoms with Crippen LogP contribution < -0.4 is 15.5 Å². The average Bonchev–Trinajstić information content (AvgIpc) is 2.76. The molecule has 3 aromatic rings. The molecule has 0 amide bonds. The molecule has 7 nitrogen and oxygen atoms in total. The first-order valence-electron chi connectivity index (χ1n) is 9.44. The van der Waals surface area contributed by atoms with Gasteiger partial charge < -0.3 is 20.3 Å². The third-order valence-corrected chi connectivity index (χ3v) is 4.78. The number of aromatic nitrogens is 3. The molecule has 8 heteroatoms. The molecule has 0 spiro atoms. The summed E-state index contributed by atoms with van der Waals surface area (Å²) in [5.74, 6) is 1.68. The first-order valence-corrected chi connectivity index (χ1v) is 9.85. The smallest absolute Gasteiger partial charge is 0.175 e. The number of ether oxygens (including phenoxy) is 1. The molecule has 0 unspecified atom stereocenters. The molecule has 2 N–H and O–H groups in total. The van der Waals surface area contributed by atoms with Gasteiger partial charge in [0, 0.05) is 42.3 Å². The lowest BCUT2D eigenvalue weighted by Crippen LogP contribution is -2.37. The highest BCUT2D eigenvalue weighted by molar-refractivity contribution is 7.80. The second kappa shape index (κ2) is 8.93. The van der Waals surface area contributed by atoms with Crippen LogP contribution in [0.5, 0.6) is 0 Å². The third kappa shape index (κ3) is 4.85. The lowest BCUT2D eigenvalue weighted by atomic mass is 10.2. The molecule has 1 fully saturated rings. The van der Waals surface area contributed by atoms with Crippen LogP contribution in [0.2, 0.25) is 0 Å². The van der Waals surface area contributed by atoms with Crippen molar-refractivity contribution < 1.29 is 4.74 Å². The summed E-state index contributed by atoms with van der Waals surface area (Å²) in [5.41, 5.74) is 3.75. The molecule has 0 aliphatic carbocycles. The SMILES string of the molecule is Cc1cnc(-c2ccc(NC(=S)Nc3cccnc3)cc2)nc1N1CCOCC1. The maximum Gasteiger partial charge on any atom is 0.175 e. The van der Waals surface area contributed by atoms with Crippen LogP contribution >= 0.6 is 12.2 Å². The van der Waals surface area contributed by atoms with Crippen LogP contribution in [-0.4, -0.2) is 46.4 Å². The van der Waals surface area contributed by atoms with Crippen LogP contribution in [0, 0.1) is 6.92 Å². The predicted molar refractivity (Wildman–Crippen MR) is 119 cm³/mol. The normalized spacial score (nSPS) is 13.8. The van der Waals surface area contributed by atoms with Crippen LogP contribution in [0.15, 0.2) is 55.0 Å². The molecule has 1 aromatic carbocycles. The van der Waals surface area contributed by atoms with Gasteiger partial charge in [0.15, 0.2) is 10.9 Å². The Bertz CT molecular complexity index is 974. The van der Waals surface area contributed by atoms with Crippen molar-refractivity contribution in [2.45, 2.75) is 6.92 Å². The van der Waals surface area contributed by atoms with Gasteiger partial charge in [-0.2, -0.15) is 0 Å².